The van der Waals surface area contributed by atoms with Gasteiger partial charge in [-0.25, -0.2) is 0 Å². The van der Waals surface area contributed by atoms with Crippen molar-refractivity contribution in [3.63, 3.8) is 0 Å². The molecule has 0 fully saturated rings. The highest BCUT2D eigenvalue weighted by molar-refractivity contribution is 6.31. The average molecular weight is 324 g/mol. The van der Waals surface area contributed by atoms with Crippen LogP contribution in [0.15, 0.2) is 42.5 Å². The van der Waals surface area contributed by atoms with Crippen LogP contribution < -0.4 is 10.1 Å². The first-order chi connectivity index (χ1) is 10.2. The molecule has 0 saturated heterocycles. The summed E-state index contributed by atoms with van der Waals surface area (Å²) in [6.45, 7) is 3.04. The predicted octanol–water partition coefficient (Wildman–Crippen LogP) is 5.09. The van der Waals surface area contributed by atoms with Crippen LogP contribution in [-0.2, 0) is 0 Å². The lowest BCUT2D eigenvalue weighted by molar-refractivity contribution is 0.414. The molecule has 2 aromatic rings. The summed E-state index contributed by atoms with van der Waals surface area (Å²) >= 11 is 12.5. The van der Waals surface area contributed by atoms with Crippen LogP contribution in [0.3, 0.4) is 0 Å². The van der Waals surface area contributed by atoms with Gasteiger partial charge in [0, 0.05) is 10.0 Å². The van der Waals surface area contributed by atoms with Crippen molar-refractivity contribution < 1.29 is 4.74 Å². The normalized spacial score (nSPS) is 12.2. The third-order valence-corrected chi connectivity index (χ3v) is 3.86. The van der Waals surface area contributed by atoms with E-state index in [1.54, 1.807) is 7.11 Å². The van der Waals surface area contributed by atoms with Gasteiger partial charge in [-0.1, -0.05) is 48.3 Å². The fourth-order valence-electron chi connectivity index (χ4n) is 2.25. The van der Waals surface area contributed by atoms with E-state index < -0.39 is 0 Å². The molecule has 1 N–H and O–H groups in total. The van der Waals surface area contributed by atoms with Crippen molar-refractivity contribution in [2.75, 3.05) is 13.7 Å². The Bertz CT molecular complexity index is 601. The van der Waals surface area contributed by atoms with Crippen LogP contribution >= 0.6 is 23.2 Å². The van der Waals surface area contributed by atoms with E-state index in [1.807, 2.05) is 36.4 Å². The molecule has 21 heavy (non-hydrogen) atoms. The summed E-state index contributed by atoms with van der Waals surface area (Å²) in [6, 6.07) is 13.6. The molecule has 0 amide bonds. The van der Waals surface area contributed by atoms with Gasteiger partial charge in [-0.3, -0.25) is 0 Å². The van der Waals surface area contributed by atoms with E-state index in [0.717, 1.165) is 34.9 Å². The van der Waals surface area contributed by atoms with Crippen LogP contribution in [-0.4, -0.2) is 13.7 Å². The Morgan fingerprint density at radius 3 is 2.57 bits per heavy atom. The Hall–Kier alpha value is -1.22. The monoisotopic (exact) mass is 323 g/mol. The van der Waals surface area contributed by atoms with Crippen molar-refractivity contribution >= 4 is 23.2 Å². The second-order valence-electron chi connectivity index (χ2n) is 4.83. The van der Waals surface area contributed by atoms with E-state index in [4.69, 9.17) is 27.9 Å². The van der Waals surface area contributed by atoms with Gasteiger partial charge >= 0.3 is 0 Å². The minimum atomic E-state index is 0.0158. The second kappa shape index (κ2) is 7.69. The lowest BCUT2D eigenvalue weighted by atomic mass is 9.98. The number of hydrogen-bond acceptors (Lipinski definition) is 2. The Kier molecular flexibility index (Phi) is 5.92. The van der Waals surface area contributed by atoms with Crippen molar-refractivity contribution in [3.8, 4) is 5.75 Å². The summed E-state index contributed by atoms with van der Waals surface area (Å²) in [5.74, 6) is 0.754. The Labute approximate surface area is 136 Å². The van der Waals surface area contributed by atoms with Gasteiger partial charge in [-0.2, -0.15) is 0 Å². The zero-order valence-corrected chi connectivity index (χ0v) is 13.7. The zero-order chi connectivity index (χ0) is 15.2. The molecule has 4 heteroatoms. The van der Waals surface area contributed by atoms with Crippen LogP contribution in [0.2, 0.25) is 10.0 Å². The van der Waals surface area contributed by atoms with E-state index in [0.29, 0.717) is 5.02 Å². The molecule has 0 spiro atoms. The maximum atomic E-state index is 6.42. The van der Waals surface area contributed by atoms with Crippen LogP contribution in [0.4, 0.5) is 0 Å². The van der Waals surface area contributed by atoms with E-state index >= 15 is 0 Å². The summed E-state index contributed by atoms with van der Waals surface area (Å²) in [4.78, 5) is 0. The zero-order valence-electron chi connectivity index (χ0n) is 12.2. The number of methoxy groups -OCH3 is 1. The highest BCUT2D eigenvalue weighted by Crippen LogP contribution is 2.32. The van der Waals surface area contributed by atoms with Gasteiger partial charge in [-0.15, -0.1) is 0 Å². The molecule has 0 aliphatic carbocycles. The van der Waals surface area contributed by atoms with Crippen molar-refractivity contribution in [1.82, 2.24) is 5.32 Å². The number of rotatable bonds is 6. The van der Waals surface area contributed by atoms with E-state index in [9.17, 15) is 0 Å². The molecule has 112 valence electrons. The molecule has 0 radical (unpaired) electrons. The van der Waals surface area contributed by atoms with Crippen molar-refractivity contribution in [2.45, 2.75) is 19.4 Å². The minimum absolute atomic E-state index is 0.0158. The first kappa shape index (κ1) is 16.2. The topological polar surface area (TPSA) is 21.3 Å². The van der Waals surface area contributed by atoms with Gasteiger partial charge < -0.3 is 10.1 Å². The number of hydrogen-bond donors (Lipinski definition) is 1. The molecular formula is C17H19Cl2NO. The van der Waals surface area contributed by atoms with Gasteiger partial charge in [-0.05, 0) is 48.4 Å². The summed E-state index contributed by atoms with van der Waals surface area (Å²) in [5, 5.41) is 4.93. The highest BCUT2D eigenvalue weighted by Gasteiger charge is 2.17. The fraction of sp³-hybridized carbons (Fsp3) is 0.294. The largest absolute Gasteiger partial charge is 0.497 e. The number of benzene rings is 2. The molecule has 0 bridgehead atoms. The fourth-order valence-corrected chi connectivity index (χ4v) is 2.73. The van der Waals surface area contributed by atoms with Crippen LogP contribution in [0.25, 0.3) is 0 Å². The third kappa shape index (κ3) is 4.13. The highest BCUT2D eigenvalue weighted by atomic mass is 35.5. The molecule has 0 heterocycles. The lowest BCUT2D eigenvalue weighted by Gasteiger charge is -2.21. The average Bonchev–Trinajstić information content (AvgIpc) is 2.49. The molecule has 2 nitrogen and oxygen atoms in total. The first-order valence-corrected chi connectivity index (χ1v) is 7.73. The SMILES string of the molecule is CCCNC(c1cccc(Cl)c1)c1ccc(OC)cc1Cl. The van der Waals surface area contributed by atoms with Gasteiger partial charge in [0.05, 0.1) is 13.2 Å². The maximum absolute atomic E-state index is 6.42. The first-order valence-electron chi connectivity index (χ1n) is 6.98. The Morgan fingerprint density at radius 2 is 1.95 bits per heavy atom. The third-order valence-electron chi connectivity index (χ3n) is 3.30. The number of ether oxygens (including phenoxy) is 1. The molecule has 0 saturated carbocycles. The Morgan fingerprint density at radius 1 is 1.14 bits per heavy atom. The standard InChI is InChI=1S/C17H19Cl2NO/c1-3-9-20-17(12-5-4-6-13(18)10-12)15-8-7-14(21-2)11-16(15)19/h4-8,10-11,17,20H,3,9H2,1-2H3. The molecule has 0 aromatic heterocycles. The van der Waals surface area contributed by atoms with Crippen LogP contribution in [0.5, 0.6) is 5.75 Å². The van der Waals surface area contributed by atoms with Gasteiger partial charge in [0.2, 0.25) is 0 Å². The van der Waals surface area contributed by atoms with Crippen molar-refractivity contribution in [1.29, 1.82) is 0 Å². The molecule has 0 aliphatic heterocycles. The molecular weight excluding hydrogens is 305 g/mol. The smallest absolute Gasteiger partial charge is 0.120 e. The van der Waals surface area contributed by atoms with Gasteiger partial charge in [0.15, 0.2) is 0 Å². The molecule has 2 rings (SSSR count). The van der Waals surface area contributed by atoms with Crippen molar-refractivity contribution in [2.24, 2.45) is 0 Å². The number of nitrogens with one attached hydrogen (secondary N) is 1. The summed E-state index contributed by atoms with van der Waals surface area (Å²) in [5.41, 5.74) is 2.12. The van der Waals surface area contributed by atoms with Crippen LogP contribution in [0.1, 0.15) is 30.5 Å². The molecule has 2 aromatic carbocycles. The van der Waals surface area contributed by atoms with Crippen LogP contribution in [0, 0.1) is 0 Å². The maximum Gasteiger partial charge on any atom is 0.120 e. The summed E-state index contributed by atoms with van der Waals surface area (Å²) in [7, 11) is 1.63. The predicted molar refractivity (Wildman–Crippen MR) is 89.6 cm³/mol. The molecule has 0 aliphatic rings. The quantitative estimate of drug-likeness (QED) is 0.799. The van der Waals surface area contributed by atoms with E-state index in [1.165, 1.54) is 0 Å². The van der Waals surface area contributed by atoms with Gasteiger partial charge in [0.25, 0.3) is 0 Å². The van der Waals surface area contributed by atoms with Gasteiger partial charge in [0.1, 0.15) is 5.75 Å². The summed E-state index contributed by atoms with van der Waals surface area (Å²) < 4.78 is 5.21. The number of halogens is 2. The molecule has 1 unspecified atom stereocenters. The van der Waals surface area contributed by atoms with E-state index in [2.05, 4.69) is 18.3 Å². The second-order valence-corrected chi connectivity index (χ2v) is 5.67. The summed E-state index contributed by atoms with van der Waals surface area (Å²) in [6.07, 6.45) is 1.05. The minimum Gasteiger partial charge on any atom is -0.497 e. The van der Waals surface area contributed by atoms with E-state index in [-0.39, 0.29) is 6.04 Å². The lowest BCUT2D eigenvalue weighted by Crippen LogP contribution is -2.23. The van der Waals surface area contributed by atoms with Crippen molar-refractivity contribution in [3.05, 3.63) is 63.6 Å². The Balaban J connectivity index is 2.40. The molecule has 1 atom stereocenters.